The van der Waals surface area contributed by atoms with Crippen molar-refractivity contribution in [3.05, 3.63) is 29.8 Å². The van der Waals surface area contributed by atoms with Crippen LogP contribution in [0.3, 0.4) is 0 Å². The van der Waals surface area contributed by atoms with E-state index in [1.807, 2.05) is 0 Å². The van der Waals surface area contributed by atoms with Crippen LogP contribution in [0.2, 0.25) is 0 Å². The van der Waals surface area contributed by atoms with E-state index in [-0.39, 0.29) is 0 Å². The Hall–Kier alpha value is -0.510. The van der Waals surface area contributed by atoms with Gasteiger partial charge in [0.05, 0.1) is 6.10 Å². The van der Waals surface area contributed by atoms with Gasteiger partial charge in [0.2, 0.25) is 0 Å². The van der Waals surface area contributed by atoms with Crippen LogP contribution in [-0.4, -0.2) is 23.5 Å². The minimum atomic E-state index is -0.397. The molecule has 78 valence electrons. The predicted molar refractivity (Wildman–Crippen MR) is 61.6 cm³/mol. The van der Waals surface area contributed by atoms with Gasteiger partial charge in [0.15, 0.2) is 0 Å². The van der Waals surface area contributed by atoms with E-state index in [4.69, 9.17) is 5.73 Å². The van der Waals surface area contributed by atoms with Gasteiger partial charge in [0, 0.05) is 17.2 Å². The van der Waals surface area contributed by atoms with Crippen molar-refractivity contribution in [3.63, 3.8) is 0 Å². The third-order valence-corrected chi connectivity index (χ3v) is 3.20. The Morgan fingerprint density at radius 2 is 2.00 bits per heavy atom. The van der Waals surface area contributed by atoms with Crippen LogP contribution in [0.25, 0.3) is 0 Å². The molecule has 0 heterocycles. The molecule has 0 aliphatic heterocycles. The smallest absolute Gasteiger partial charge is 0.0756 e. The Balaban J connectivity index is 2.43. The molecule has 1 aromatic rings. The summed E-state index contributed by atoms with van der Waals surface area (Å²) in [7, 11) is 0. The van der Waals surface area contributed by atoms with Crippen LogP contribution in [0.5, 0.6) is 0 Å². The molecular formula is C11H17NOS. The lowest BCUT2D eigenvalue weighted by molar-refractivity contribution is 0.208. The number of hydrogen-bond acceptors (Lipinski definition) is 3. The van der Waals surface area contributed by atoms with Crippen LogP contribution in [-0.2, 0) is 6.42 Å². The van der Waals surface area contributed by atoms with Gasteiger partial charge in [0.25, 0.3) is 0 Å². The second-order valence-electron chi connectivity index (χ2n) is 3.20. The van der Waals surface area contributed by atoms with Crippen LogP contribution in [0.4, 0.5) is 0 Å². The molecular weight excluding hydrogens is 194 g/mol. The molecule has 0 aromatic heterocycles. The molecule has 3 N–H and O–H groups in total. The van der Waals surface area contributed by atoms with Crippen molar-refractivity contribution in [2.24, 2.45) is 5.73 Å². The minimum Gasteiger partial charge on any atom is -0.391 e. The molecule has 3 heteroatoms. The highest BCUT2D eigenvalue weighted by molar-refractivity contribution is 7.99. The molecule has 1 atom stereocenters. The highest BCUT2D eigenvalue weighted by atomic mass is 32.2. The van der Waals surface area contributed by atoms with Crippen molar-refractivity contribution in [1.82, 2.24) is 0 Å². The first-order chi connectivity index (χ1) is 6.76. The quantitative estimate of drug-likeness (QED) is 0.728. The summed E-state index contributed by atoms with van der Waals surface area (Å²) in [6.45, 7) is 2.47. The van der Waals surface area contributed by atoms with E-state index < -0.39 is 6.10 Å². The SMILES string of the molecule is CCc1ccc(SCC(O)CN)cc1. The van der Waals surface area contributed by atoms with Gasteiger partial charge in [-0.2, -0.15) is 0 Å². The second kappa shape index (κ2) is 6.06. The molecule has 0 aliphatic carbocycles. The van der Waals surface area contributed by atoms with Gasteiger partial charge in [0.1, 0.15) is 0 Å². The first kappa shape index (κ1) is 11.6. The number of rotatable bonds is 5. The molecule has 0 saturated heterocycles. The topological polar surface area (TPSA) is 46.2 Å². The van der Waals surface area contributed by atoms with Gasteiger partial charge in [-0.15, -0.1) is 11.8 Å². The molecule has 0 aliphatic rings. The summed E-state index contributed by atoms with van der Waals surface area (Å²) >= 11 is 1.64. The lowest BCUT2D eigenvalue weighted by Crippen LogP contribution is -2.21. The van der Waals surface area contributed by atoms with Gasteiger partial charge < -0.3 is 10.8 Å². The number of aliphatic hydroxyl groups excluding tert-OH is 1. The summed E-state index contributed by atoms with van der Waals surface area (Å²) in [4.78, 5) is 1.19. The van der Waals surface area contributed by atoms with Crippen LogP contribution in [0.15, 0.2) is 29.2 Å². The zero-order valence-corrected chi connectivity index (χ0v) is 9.26. The van der Waals surface area contributed by atoms with Crippen molar-refractivity contribution < 1.29 is 5.11 Å². The molecule has 0 spiro atoms. The summed E-state index contributed by atoms with van der Waals surface area (Å²) < 4.78 is 0. The maximum Gasteiger partial charge on any atom is 0.0756 e. The van der Waals surface area contributed by atoms with E-state index in [9.17, 15) is 5.11 Å². The fraction of sp³-hybridized carbons (Fsp3) is 0.455. The summed E-state index contributed by atoms with van der Waals surface area (Å²) in [5.74, 6) is 0.669. The van der Waals surface area contributed by atoms with Crippen molar-refractivity contribution in [1.29, 1.82) is 0 Å². The van der Waals surface area contributed by atoms with E-state index in [1.54, 1.807) is 11.8 Å². The number of aryl methyl sites for hydroxylation is 1. The zero-order chi connectivity index (χ0) is 10.4. The number of nitrogens with two attached hydrogens (primary N) is 1. The van der Waals surface area contributed by atoms with Gasteiger partial charge in [-0.1, -0.05) is 19.1 Å². The number of aliphatic hydroxyl groups is 1. The number of benzene rings is 1. The lowest BCUT2D eigenvalue weighted by atomic mass is 10.2. The first-order valence-electron chi connectivity index (χ1n) is 4.86. The molecule has 0 radical (unpaired) electrons. The summed E-state index contributed by atoms with van der Waals surface area (Å²) in [5, 5.41) is 9.27. The average molecular weight is 211 g/mol. The first-order valence-corrected chi connectivity index (χ1v) is 5.84. The monoisotopic (exact) mass is 211 g/mol. The molecule has 1 rings (SSSR count). The molecule has 0 fully saturated rings. The summed E-state index contributed by atoms with van der Waals surface area (Å²) in [5.41, 5.74) is 6.66. The van der Waals surface area contributed by atoms with E-state index in [0.717, 1.165) is 6.42 Å². The van der Waals surface area contributed by atoms with Crippen LogP contribution < -0.4 is 5.73 Å². The van der Waals surface area contributed by atoms with Crippen LogP contribution in [0, 0.1) is 0 Å². The fourth-order valence-electron chi connectivity index (χ4n) is 1.08. The Bertz CT molecular complexity index is 260. The van der Waals surface area contributed by atoms with E-state index in [1.165, 1.54) is 10.5 Å². The predicted octanol–water partition coefficient (Wildman–Crippen LogP) is 1.66. The third-order valence-electron chi connectivity index (χ3n) is 2.05. The van der Waals surface area contributed by atoms with E-state index in [2.05, 4.69) is 31.2 Å². The van der Waals surface area contributed by atoms with Crippen LogP contribution >= 0.6 is 11.8 Å². The molecule has 1 unspecified atom stereocenters. The van der Waals surface area contributed by atoms with Crippen molar-refractivity contribution in [2.45, 2.75) is 24.3 Å². The standard InChI is InChI=1S/C11H17NOS/c1-2-9-3-5-11(6-4-9)14-8-10(13)7-12/h3-6,10,13H,2,7-8,12H2,1H3. The van der Waals surface area contributed by atoms with Gasteiger partial charge in [-0.05, 0) is 24.1 Å². The van der Waals surface area contributed by atoms with Crippen molar-refractivity contribution >= 4 is 11.8 Å². The van der Waals surface area contributed by atoms with Crippen LogP contribution in [0.1, 0.15) is 12.5 Å². The second-order valence-corrected chi connectivity index (χ2v) is 4.29. The Morgan fingerprint density at radius 1 is 1.36 bits per heavy atom. The van der Waals surface area contributed by atoms with E-state index in [0.29, 0.717) is 12.3 Å². The average Bonchev–Trinajstić information content (AvgIpc) is 2.26. The number of thioether (sulfide) groups is 1. The third kappa shape index (κ3) is 3.70. The molecule has 0 bridgehead atoms. The fourth-order valence-corrected chi connectivity index (χ4v) is 1.93. The molecule has 1 aromatic carbocycles. The summed E-state index contributed by atoms with van der Waals surface area (Å²) in [6, 6.07) is 8.42. The maximum absolute atomic E-state index is 9.27. The number of hydrogen-bond donors (Lipinski definition) is 2. The Morgan fingerprint density at radius 3 is 2.50 bits per heavy atom. The van der Waals surface area contributed by atoms with Gasteiger partial charge in [-0.3, -0.25) is 0 Å². The largest absolute Gasteiger partial charge is 0.391 e. The highest BCUT2D eigenvalue weighted by Crippen LogP contribution is 2.19. The minimum absolute atomic E-state index is 0.333. The normalized spacial score (nSPS) is 12.8. The molecule has 0 saturated carbocycles. The van der Waals surface area contributed by atoms with Gasteiger partial charge in [-0.25, -0.2) is 0 Å². The lowest BCUT2D eigenvalue weighted by Gasteiger charge is -2.07. The molecule has 2 nitrogen and oxygen atoms in total. The van der Waals surface area contributed by atoms with Crippen molar-refractivity contribution in [2.75, 3.05) is 12.3 Å². The zero-order valence-electron chi connectivity index (χ0n) is 8.44. The Kier molecular flexibility index (Phi) is 5.01. The highest BCUT2D eigenvalue weighted by Gasteiger charge is 2.01. The molecule has 14 heavy (non-hydrogen) atoms. The van der Waals surface area contributed by atoms with Crippen molar-refractivity contribution in [3.8, 4) is 0 Å². The van der Waals surface area contributed by atoms with E-state index >= 15 is 0 Å². The molecule has 0 amide bonds. The van der Waals surface area contributed by atoms with Gasteiger partial charge >= 0.3 is 0 Å². The summed E-state index contributed by atoms with van der Waals surface area (Å²) in [6.07, 6.45) is 0.668. The Labute approximate surface area is 89.5 Å². The maximum atomic E-state index is 9.27.